The minimum atomic E-state index is -0.364. The zero-order valence-electron chi connectivity index (χ0n) is 12.3. The van der Waals surface area contributed by atoms with Crippen LogP contribution in [0.4, 0.5) is 10.1 Å². The Morgan fingerprint density at radius 3 is 2.73 bits per heavy atom. The summed E-state index contributed by atoms with van der Waals surface area (Å²) < 4.78 is 14.5. The van der Waals surface area contributed by atoms with Gasteiger partial charge in [0.15, 0.2) is 0 Å². The Labute approximate surface area is 133 Å². The number of hydrogen-bond acceptors (Lipinski definition) is 2. The van der Waals surface area contributed by atoms with Gasteiger partial charge in [-0.05, 0) is 48.1 Å². The van der Waals surface area contributed by atoms with Gasteiger partial charge in [0, 0.05) is 11.4 Å². The molecule has 1 heterocycles. The molecule has 3 rings (SSSR count). The lowest BCUT2D eigenvalue weighted by Crippen LogP contribution is -2.33. The number of benzene rings is 2. The molecule has 2 aromatic carbocycles. The number of hydrogen-bond donors (Lipinski definition) is 0. The van der Waals surface area contributed by atoms with Crippen molar-refractivity contribution in [3.05, 3.63) is 60.4 Å². The average molecular weight is 313 g/mol. The van der Waals surface area contributed by atoms with Gasteiger partial charge in [-0.2, -0.15) is 0 Å². The number of halogens is 1. The number of rotatable bonds is 3. The minimum absolute atomic E-state index is 0.164. The highest BCUT2D eigenvalue weighted by Crippen LogP contribution is 2.33. The lowest BCUT2D eigenvalue weighted by molar-refractivity contribution is -0.114. The van der Waals surface area contributed by atoms with Crippen molar-refractivity contribution < 1.29 is 9.18 Å². The molecule has 0 N–H and O–H groups in total. The van der Waals surface area contributed by atoms with E-state index in [4.69, 9.17) is 0 Å². The van der Waals surface area contributed by atoms with Crippen LogP contribution in [0.1, 0.15) is 6.42 Å². The summed E-state index contributed by atoms with van der Waals surface area (Å²) in [4.78, 5) is 14.5. The van der Waals surface area contributed by atoms with Gasteiger partial charge in [0.25, 0.3) is 5.91 Å². The molecule has 22 heavy (non-hydrogen) atoms. The lowest BCUT2D eigenvalue weighted by atomic mass is 10.0. The molecule has 0 aromatic heterocycles. The van der Waals surface area contributed by atoms with Crippen molar-refractivity contribution in [2.45, 2.75) is 11.3 Å². The Balaban J connectivity index is 1.99. The van der Waals surface area contributed by atoms with Crippen molar-refractivity contribution in [1.82, 2.24) is 0 Å². The van der Waals surface area contributed by atoms with E-state index in [1.54, 1.807) is 17.8 Å². The first-order valence-corrected chi connectivity index (χ1v) is 8.34. The average Bonchev–Trinajstić information content (AvgIpc) is 2.55. The van der Waals surface area contributed by atoms with E-state index in [-0.39, 0.29) is 11.7 Å². The van der Waals surface area contributed by atoms with Crippen LogP contribution in [0.25, 0.3) is 11.1 Å². The van der Waals surface area contributed by atoms with Gasteiger partial charge >= 0.3 is 0 Å². The van der Waals surface area contributed by atoms with E-state index < -0.39 is 0 Å². The van der Waals surface area contributed by atoms with E-state index >= 15 is 0 Å². The van der Waals surface area contributed by atoms with E-state index in [0.717, 1.165) is 22.4 Å². The Morgan fingerprint density at radius 2 is 2.00 bits per heavy atom. The summed E-state index contributed by atoms with van der Waals surface area (Å²) in [5.41, 5.74) is 2.18. The SMILES string of the molecule is CSc1ccccc1-c1ccc(N2CCC=CC2=O)c(F)c1. The largest absolute Gasteiger partial charge is 0.306 e. The van der Waals surface area contributed by atoms with E-state index in [1.165, 1.54) is 17.0 Å². The third kappa shape index (κ3) is 2.79. The first-order valence-electron chi connectivity index (χ1n) is 7.11. The second-order valence-corrected chi connectivity index (χ2v) is 5.90. The van der Waals surface area contributed by atoms with Crippen molar-refractivity contribution in [2.75, 3.05) is 17.7 Å². The fraction of sp³-hybridized carbons (Fsp3) is 0.167. The van der Waals surface area contributed by atoms with Crippen LogP contribution in [0, 0.1) is 5.82 Å². The molecule has 112 valence electrons. The highest BCUT2D eigenvalue weighted by Gasteiger charge is 2.19. The second kappa shape index (κ2) is 6.36. The van der Waals surface area contributed by atoms with Crippen molar-refractivity contribution in [1.29, 1.82) is 0 Å². The maximum atomic E-state index is 14.5. The summed E-state index contributed by atoms with van der Waals surface area (Å²) >= 11 is 1.63. The molecule has 0 unspecified atom stereocenters. The van der Waals surface area contributed by atoms with Crippen LogP contribution in [-0.4, -0.2) is 18.7 Å². The maximum absolute atomic E-state index is 14.5. The number of nitrogens with zero attached hydrogens (tertiary/aromatic N) is 1. The first-order chi connectivity index (χ1) is 10.7. The van der Waals surface area contributed by atoms with Gasteiger partial charge in [0.05, 0.1) is 5.69 Å². The van der Waals surface area contributed by atoms with Gasteiger partial charge in [-0.3, -0.25) is 4.79 Å². The molecular formula is C18H16FNOS. The van der Waals surface area contributed by atoms with Crippen LogP contribution >= 0.6 is 11.8 Å². The van der Waals surface area contributed by atoms with Crippen molar-refractivity contribution in [2.24, 2.45) is 0 Å². The third-order valence-corrected chi connectivity index (χ3v) is 4.50. The Kier molecular flexibility index (Phi) is 4.29. The van der Waals surface area contributed by atoms with E-state index in [2.05, 4.69) is 0 Å². The highest BCUT2D eigenvalue weighted by atomic mass is 32.2. The zero-order chi connectivity index (χ0) is 15.5. The van der Waals surface area contributed by atoms with Gasteiger partial charge < -0.3 is 4.90 Å². The number of anilines is 1. The molecule has 0 radical (unpaired) electrons. The topological polar surface area (TPSA) is 20.3 Å². The molecule has 0 saturated heterocycles. The minimum Gasteiger partial charge on any atom is -0.306 e. The van der Waals surface area contributed by atoms with Crippen molar-refractivity contribution in [3.8, 4) is 11.1 Å². The molecule has 0 bridgehead atoms. The van der Waals surface area contributed by atoms with Gasteiger partial charge in [-0.25, -0.2) is 4.39 Å². The smallest absolute Gasteiger partial charge is 0.250 e. The fourth-order valence-corrected chi connectivity index (χ4v) is 3.22. The molecule has 1 aliphatic heterocycles. The quantitative estimate of drug-likeness (QED) is 0.777. The number of carbonyl (C=O) groups is 1. The monoisotopic (exact) mass is 313 g/mol. The summed E-state index contributed by atoms with van der Waals surface area (Å²) in [5, 5.41) is 0. The highest BCUT2D eigenvalue weighted by molar-refractivity contribution is 7.98. The van der Waals surface area contributed by atoms with Crippen LogP contribution in [0.15, 0.2) is 59.5 Å². The van der Waals surface area contributed by atoms with Crippen LogP contribution < -0.4 is 4.90 Å². The summed E-state index contributed by atoms with van der Waals surface area (Å²) in [5.74, 6) is -0.528. The number of carbonyl (C=O) groups excluding carboxylic acids is 1. The Bertz CT molecular complexity index is 742. The molecule has 2 aromatic rings. The van der Waals surface area contributed by atoms with E-state index in [9.17, 15) is 9.18 Å². The Morgan fingerprint density at radius 1 is 1.18 bits per heavy atom. The number of amides is 1. The maximum Gasteiger partial charge on any atom is 0.250 e. The second-order valence-electron chi connectivity index (χ2n) is 5.05. The molecule has 0 atom stereocenters. The first kappa shape index (κ1) is 14.9. The van der Waals surface area contributed by atoms with E-state index in [0.29, 0.717) is 12.2 Å². The van der Waals surface area contributed by atoms with Gasteiger partial charge in [0.2, 0.25) is 0 Å². The predicted molar refractivity (Wildman–Crippen MR) is 89.7 cm³/mol. The molecular weight excluding hydrogens is 297 g/mol. The molecule has 1 aliphatic rings. The van der Waals surface area contributed by atoms with Gasteiger partial charge in [-0.1, -0.05) is 30.3 Å². The third-order valence-electron chi connectivity index (χ3n) is 3.70. The van der Waals surface area contributed by atoms with Gasteiger partial charge in [-0.15, -0.1) is 11.8 Å². The van der Waals surface area contributed by atoms with Gasteiger partial charge in [0.1, 0.15) is 5.82 Å². The fourth-order valence-electron chi connectivity index (χ4n) is 2.60. The molecule has 1 amide bonds. The predicted octanol–water partition coefficient (Wildman–Crippen LogP) is 4.51. The lowest BCUT2D eigenvalue weighted by Gasteiger charge is -2.24. The Hall–Kier alpha value is -2.07. The molecule has 0 fully saturated rings. The van der Waals surface area contributed by atoms with Crippen LogP contribution in [0.2, 0.25) is 0 Å². The van der Waals surface area contributed by atoms with Crippen molar-refractivity contribution >= 4 is 23.4 Å². The molecule has 0 saturated carbocycles. The molecule has 4 heteroatoms. The molecule has 2 nitrogen and oxygen atoms in total. The van der Waals surface area contributed by atoms with E-state index in [1.807, 2.05) is 42.7 Å². The molecule has 0 aliphatic carbocycles. The summed E-state index contributed by atoms with van der Waals surface area (Å²) in [6, 6.07) is 13.0. The normalized spacial score (nSPS) is 14.5. The van der Waals surface area contributed by atoms with Crippen LogP contribution in [-0.2, 0) is 4.79 Å². The number of thioether (sulfide) groups is 1. The molecule has 0 spiro atoms. The standard InChI is InChI=1S/C18H16FNOS/c1-22-17-7-3-2-6-14(17)13-9-10-16(15(19)12-13)20-11-5-4-8-18(20)21/h2-4,6-10,12H,5,11H2,1H3. The zero-order valence-corrected chi connectivity index (χ0v) is 13.1. The van der Waals surface area contributed by atoms with Crippen LogP contribution in [0.3, 0.4) is 0 Å². The summed E-state index contributed by atoms with van der Waals surface area (Å²) in [6.07, 6.45) is 6.07. The summed E-state index contributed by atoms with van der Waals surface area (Å²) in [6.45, 7) is 0.521. The van der Waals surface area contributed by atoms with Crippen LogP contribution in [0.5, 0.6) is 0 Å². The summed E-state index contributed by atoms with van der Waals surface area (Å²) in [7, 11) is 0. The van der Waals surface area contributed by atoms with Crippen molar-refractivity contribution in [3.63, 3.8) is 0 Å².